The van der Waals surface area contributed by atoms with E-state index in [1.165, 1.54) is 12.1 Å². The standard InChI is InChI=1S/C15H22F2N2O/c1-10(2)8-19-15(20)11(3)18-9-12-5-4-6-13(7-12)14(16)17/h4-7,10-11,14,18H,8-9H2,1-3H3,(H,19,20). The number of alkyl halides is 2. The highest BCUT2D eigenvalue weighted by atomic mass is 19.3. The number of nitrogens with one attached hydrogen (secondary N) is 2. The molecule has 0 fully saturated rings. The van der Waals surface area contributed by atoms with E-state index in [2.05, 4.69) is 10.6 Å². The van der Waals surface area contributed by atoms with E-state index >= 15 is 0 Å². The Morgan fingerprint density at radius 2 is 1.95 bits per heavy atom. The van der Waals surface area contributed by atoms with Gasteiger partial charge in [-0.1, -0.05) is 32.0 Å². The fourth-order valence-corrected chi connectivity index (χ4v) is 1.66. The molecule has 112 valence electrons. The lowest BCUT2D eigenvalue weighted by molar-refractivity contribution is -0.122. The smallest absolute Gasteiger partial charge is 0.263 e. The highest BCUT2D eigenvalue weighted by molar-refractivity contribution is 5.81. The molecule has 2 N–H and O–H groups in total. The van der Waals surface area contributed by atoms with Crippen LogP contribution in [0.25, 0.3) is 0 Å². The first-order chi connectivity index (χ1) is 9.40. The van der Waals surface area contributed by atoms with Gasteiger partial charge in [-0.3, -0.25) is 4.79 Å². The van der Waals surface area contributed by atoms with Gasteiger partial charge in [0.2, 0.25) is 5.91 Å². The molecule has 3 nitrogen and oxygen atoms in total. The zero-order valence-corrected chi connectivity index (χ0v) is 12.1. The average molecular weight is 284 g/mol. The van der Waals surface area contributed by atoms with Crippen molar-refractivity contribution in [2.75, 3.05) is 6.54 Å². The number of hydrogen-bond donors (Lipinski definition) is 2. The molecule has 1 amide bonds. The molecule has 0 bridgehead atoms. The van der Waals surface area contributed by atoms with Crippen LogP contribution in [-0.2, 0) is 11.3 Å². The average Bonchev–Trinajstić information content (AvgIpc) is 2.42. The molecule has 1 aromatic rings. The lowest BCUT2D eigenvalue weighted by Gasteiger charge is -2.15. The van der Waals surface area contributed by atoms with Crippen LogP contribution in [0.1, 0.15) is 38.3 Å². The van der Waals surface area contributed by atoms with Crippen LogP contribution in [-0.4, -0.2) is 18.5 Å². The van der Waals surface area contributed by atoms with Crippen LogP contribution in [0.15, 0.2) is 24.3 Å². The van der Waals surface area contributed by atoms with Gasteiger partial charge in [0.05, 0.1) is 6.04 Å². The molecule has 0 aliphatic rings. The Balaban J connectivity index is 2.46. The highest BCUT2D eigenvalue weighted by Crippen LogP contribution is 2.19. The van der Waals surface area contributed by atoms with Crippen LogP contribution in [0.4, 0.5) is 8.78 Å². The minimum atomic E-state index is -2.47. The van der Waals surface area contributed by atoms with Gasteiger partial charge < -0.3 is 10.6 Å². The third-order valence-corrected chi connectivity index (χ3v) is 2.89. The number of carbonyl (C=O) groups is 1. The number of amides is 1. The SMILES string of the molecule is CC(C)CNC(=O)C(C)NCc1cccc(C(F)F)c1. The minimum Gasteiger partial charge on any atom is -0.354 e. The van der Waals surface area contributed by atoms with Crippen molar-refractivity contribution in [3.8, 4) is 0 Å². The first-order valence-electron chi connectivity index (χ1n) is 6.78. The molecule has 0 aliphatic heterocycles. The van der Waals surface area contributed by atoms with Gasteiger partial charge in [-0.05, 0) is 24.5 Å². The molecule has 20 heavy (non-hydrogen) atoms. The van der Waals surface area contributed by atoms with Crippen LogP contribution in [0.3, 0.4) is 0 Å². The summed E-state index contributed by atoms with van der Waals surface area (Å²) in [5, 5.41) is 5.86. The van der Waals surface area contributed by atoms with Crippen molar-refractivity contribution in [2.45, 2.75) is 39.8 Å². The topological polar surface area (TPSA) is 41.1 Å². The molecular weight excluding hydrogens is 262 g/mol. The van der Waals surface area contributed by atoms with Crippen molar-refractivity contribution < 1.29 is 13.6 Å². The van der Waals surface area contributed by atoms with Crippen LogP contribution in [0.2, 0.25) is 0 Å². The van der Waals surface area contributed by atoms with E-state index in [1.54, 1.807) is 19.1 Å². The molecule has 1 unspecified atom stereocenters. The van der Waals surface area contributed by atoms with E-state index in [0.29, 0.717) is 19.0 Å². The zero-order valence-electron chi connectivity index (χ0n) is 12.1. The first kappa shape index (κ1) is 16.6. The van der Waals surface area contributed by atoms with Gasteiger partial charge >= 0.3 is 0 Å². The highest BCUT2D eigenvalue weighted by Gasteiger charge is 2.12. The lowest BCUT2D eigenvalue weighted by Crippen LogP contribution is -2.42. The minimum absolute atomic E-state index is 0.00112. The number of rotatable bonds is 7. The van der Waals surface area contributed by atoms with Gasteiger partial charge in [-0.2, -0.15) is 0 Å². The number of benzene rings is 1. The molecule has 1 rings (SSSR count). The van der Waals surface area contributed by atoms with Crippen LogP contribution >= 0.6 is 0 Å². The predicted octanol–water partition coefficient (Wildman–Crippen LogP) is 2.87. The maximum atomic E-state index is 12.6. The van der Waals surface area contributed by atoms with Gasteiger partial charge in [-0.25, -0.2) is 8.78 Å². The molecule has 5 heteroatoms. The van der Waals surface area contributed by atoms with E-state index in [4.69, 9.17) is 0 Å². The van der Waals surface area contributed by atoms with Crippen LogP contribution in [0, 0.1) is 5.92 Å². The lowest BCUT2D eigenvalue weighted by atomic mass is 10.1. The van der Waals surface area contributed by atoms with Crippen LogP contribution < -0.4 is 10.6 Å². The van der Waals surface area contributed by atoms with Crippen molar-refractivity contribution >= 4 is 5.91 Å². The van der Waals surface area contributed by atoms with E-state index in [1.807, 2.05) is 13.8 Å². The van der Waals surface area contributed by atoms with Gasteiger partial charge in [0.15, 0.2) is 0 Å². The van der Waals surface area contributed by atoms with Gasteiger partial charge in [0.1, 0.15) is 0 Å². The Labute approximate surface area is 118 Å². The molecule has 0 radical (unpaired) electrons. The third kappa shape index (κ3) is 5.65. The second-order valence-corrected chi connectivity index (χ2v) is 5.29. The summed E-state index contributed by atoms with van der Waals surface area (Å²) in [5.74, 6) is 0.317. The molecule has 0 saturated carbocycles. The second-order valence-electron chi connectivity index (χ2n) is 5.29. The van der Waals surface area contributed by atoms with Gasteiger partial charge in [0, 0.05) is 18.7 Å². The molecule has 0 aliphatic carbocycles. The molecule has 0 heterocycles. The second kappa shape index (κ2) is 7.94. The molecule has 0 spiro atoms. The predicted molar refractivity (Wildman–Crippen MR) is 75.5 cm³/mol. The quantitative estimate of drug-likeness (QED) is 0.808. The summed E-state index contributed by atoms with van der Waals surface area (Å²) in [6.45, 7) is 6.82. The molecule has 0 aromatic heterocycles. The van der Waals surface area contributed by atoms with Gasteiger partial charge in [-0.15, -0.1) is 0 Å². The molecule has 1 atom stereocenters. The molecule has 0 saturated heterocycles. The van der Waals surface area contributed by atoms with Crippen molar-refractivity contribution in [3.05, 3.63) is 35.4 Å². The summed E-state index contributed by atoms with van der Waals surface area (Å²) < 4.78 is 25.1. The Bertz CT molecular complexity index is 436. The van der Waals surface area contributed by atoms with Gasteiger partial charge in [0.25, 0.3) is 6.43 Å². The Hall–Kier alpha value is -1.49. The van der Waals surface area contributed by atoms with E-state index in [0.717, 1.165) is 5.56 Å². The summed E-state index contributed by atoms with van der Waals surface area (Å²) in [6.07, 6.45) is -2.47. The maximum Gasteiger partial charge on any atom is 0.263 e. The van der Waals surface area contributed by atoms with Crippen LogP contribution in [0.5, 0.6) is 0 Å². The largest absolute Gasteiger partial charge is 0.354 e. The Morgan fingerprint density at radius 1 is 1.25 bits per heavy atom. The Kier molecular flexibility index (Phi) is 6.58. The summed E-state index contributed by atoms with van der Waals surface area (Å²) in [5.41, 5.74) is 0.743. The molecular formula is C15H22F2N2O. The third-order valence-electron chi connectivity index (χ3n) is 2.89. The summed E-state index contributed by atoms with van der Waals surface area (Å²) in [7, 11) is 0. The van der Waals surface area contributed by atoms with Crippen molar-refractivity contribution in [1.29, 1.82) is 0 Å². The monoisotopic (exact) mass is 284 g/mol. The normalized spacial score (nSPS) is 12.8. The van der Waals surface area contributed by atoms with Crippen molar-refractivity contribution in [1.82, 2.24) is 10.6 Å². The zero-order chi connectivity index (χ0) is 15.1. The maximum absolute atomic E-state index is 12.6. The van der Waals surface area contributed by atoms with Crippen molar-refractivity contribution in [3.63, 3.8) is 0 Å². The first-order valence-corrected chi connectivity index (χ1v) is 6.78. The fraction of sp³-hybridized carbons (Fsp3) is 0.533. The van der Waals surface area contributed by atoms with E-state index < -0.39 is 6.43 Å². The molecule has 1 aromatic carbocycles. The number of carbonyl (C=O) groups excluding carboxylic acids is 1. The van der Waals surface area contributed by atoms with E-state index in [-0.39, 0.29) is 17.5 Å². The number of hydrogen-bond acceptors (Lipinski definition) is 2. The fourth-order valence-electron chi connectivity index (χ4n) is 1.66. The summed E-state index contributed by atoms with van der Waals surface area (Å²) >= 11 is 0. The van der Waals surface area contributed by atoms with E-state index in [9.17, 15) is 13.6 Å². The summed E-state index contributed by atoms with van der Waals surface area (Å²) in [6, 6.07) is 5.85. The van der Waals surface area contributed by atoms with Crippen molar-refractivity contribution in [2.24, 2.45) is 5.92 Å². The Morgan fingerprint density at radius 3 is 2.55 bits per heavy atom. The number of halogens is 2. The summed E-state index contributed by atoms with van der Waals surface area (Å²) in [4.78, 5) is 11.8.